The van der Waals surface area contributed by atoms with Crippen LogP contribution in [0.5, 0.6) is 0 Å². The van der Waals surface area contributed by atoms with Gasteiger partial charge in [0.1, 0.15) is 0 Å². The van der Waals surface area contributed by atoms with Gasteiger partial charge in [0, 0.05) is 30.7 Å². The van der Waals surface area contributed by atoms with Crippen molar-refractivity contribution in [2.24, 2.45) is 0 Å². The maximum atomic E-state index is 3.92. The summed E-state index contributed by atoms with van der Waals surface area (Å²) in [5.41, 5.74) is 0.761. The van der Waals surface area contributed by atoms with E-state index in [4.69, 9.17) is 0 Å². The summed E-state index contributed by atoms with van der Waals surface area (Å²) in [6.07, 6.45) is 12.7. The average Bonchev–Trinajstić information content (AvgIpc) is 2.41. The zero-order valence-corrected chi connectivity index (χ0v) is 12.5. The predicted molar refractivity (Wildman–Crippen MR) is 78.9 cm³/mol. The monoisotopic (exact) mass is 250 g/mol. The molecule has 1 N–H and O–H groups in total. The molecule has 0 aromatic heterocycles. The van der Waals surface area contributed by atoms with Crippen LogP contribution >= 0.6 is 0 Å². The molecular weight excluding hydrogens is 220 g/mol. The van der Waals surface area contributed by atoms with Gasteiger partial charge < -0.3 is 5.32 Å². The molecule has 1 saturated carbocycles. The maximum Gasteiger partial charge on any atom is 0.0309 e. The molecule has 18 heavy (non-hydrogen) atoms. The Morgan fingerprint density at radius 3 is 2.56 bits per heavy atom. The number of hydrogen-bond donors (Lipinski definition) is 1. The summed E-state index contributed by atoms with van der Waals surface area (Å²) in [6, 6.07) is 0. The highest BCUT2D eigenvalue weighted by atomic mass is 15.3. The Kier molecular flexibility index (Phi) is 4.50. The van der Waals surface area contributed by atoms with Crippen LogP contribution in [0.25, 0.3) is 0 Å². The van der Waals surface area contributed by atoms with E-state index in [-0.39, 0.29) is 0 Å². The van der Waals surface area contributed by atoms with E-state index in [0.717, 1.165) is 13.1 Å². The summed E-state index contributed by atoms with van der Waals surface area (Å²) in [7, 11) is 0. The first-order valence-electron chi connectivity index (χ1n) is 7.75. The van der Waals surface area contributed by atoms with Gasteiger partial charge in [0.25, 0.3) is 0 Å². The highest BCUT2D eigenvalue weighted by Crippen LogP contribution is 2.35. The van der Waals surface area contributed by atoms with Crippen LogP contribution in [0.3, 0.4) is 0 Å². The molecule has 2 nitrogen and oxygen atoms in total. The highest BCUT2D eigenvalue weighted by molar-refractivity contribution is 5.05. The van der Waals surface area contributed by atoms with Crippen molar-refractivity contribution < 1.29 is 0 Å². The molecule has 1 atom stereocenters. The number of nitrogens with one attached hydrogen (secondary N) is 1. The van der Waals surface area contributed by atoms with E-state index in [2.05, 4.69) is 43.1 Å². The number of nitrogens with zero attached hydrogens (tertiary/aromatic N) is 1. The summed E-state index contributed by atoms with van der Waals surface area (Å²) in [5.74, 6) is 0. The first-order chi connectivity index (χ1) is 8.64. The van der Waals surface area contributed by atoms with Gasteiger partial charge in [-0.1, -0.05) is 38.3 Å². The predicted octanol–water partition coefficient (Wildman–Crippen LogP) is 3.34. The minimum atomic E-state index is 0.336. The minimum absolute atomic E-state index is 0.336. The smallest absolute Gasteiger partial charge is 0.0309 e. The lowest BCUT2D eigenvalue weighted by molar-refractivity contribution is 0.00698. The van der Waals surface area contributed by atoms with Crippen LogP contribution < -0.4 is 5.32 Å². The van der Waals surface area contributed by atoms with E-state index in [1.54, 1.807) is 0 Å². The van der Waals surface area contributed by atoms with Gasteiger partial charge in [-0.2, -0.15) is 0 Å². The van der Waals surface area contributed by atoms with E-state index < -0.39 is 0 Å². The number of allylic oxidation sites excluding steroid dienone is 1. The molecular formula is C16H30N2. The van der Waals surface area contributed by atoms with Crippen LogP contribution in [0, 0.1) is 0 Å². The Bertz CT molecular complexity index is 291. The van der Waals surface area contributed by atoms with Crippen molar-refractivity contribution >= 4 is 0 Å². The fourth-order valence-electron chi connectivity index (χ4n) is 3.53. The molecule has 0 aromatic rings. The van der Waals surface area contributed by atoms with Crippen LogP contribution in [0.15, 0.2) is 12.2 Å². The molecule has 0 bridgehead atoms. The molecule has 104 valence electrons. The molecule has 1 heterocycles. The highest BCUT2D eigenvalue weighted by Gasteiger charge is 2.43. The molecule has 1 unspecified atom stereocenters. The zero-order valence-electron chi connectivity index (χ0n) is 12.5. The summed E-state index contributed by atoms with van der Waals surface area (Å²) in [5, 5.41) is 3.92. The summed E-state index contributed by atoms with van der Waals surface area (Å²) in [6.45, 7) is 10.4. The second kappa shape index (κ2) is 5.75. The Hall–Kier alpha value is -0.340. The second-order valence-electron chi connectivity index (χ2n) is 6.49. The third-order valence-electron chi connectivity index (χ3n) is 5.24. The largest absolute Gasteiger partial charge is 0.308 e. The lowest BCUT2D eigenvalue weighted by Crippen LogP contribution is -2.69. The molecule has 0 radical (unpaired) electrons. The van der Waals surface area contributed by atoms with Gasteiger partial charge in [0.2, 0.25) is 0 Å². The van der Waals surface area contributed by atoms with Crippen molar-refractivity contribution in [3.8, 4) is 0 Å². The summed E-state index contributed by atoms with van der Waals surface area (Å²) >= 11 is 0. The Morgan fingerprint density at radius 2 is 1.94 bits per heavy atom. The third kappa shape index (κ3) is 2.80. The molecule has 2 aliphatic rings. The Labute approximate surface area is 113 Å². The second-order valence-corrected chi connectivity index (χ2v) is 6.49. The van der Waals surface area contributed by atoms with Crippen molar-refractivity contribution in [2.75, 3.05) is 19.6 Å². The molecule has 1 spiro atoms. The van der Waals surface area contributed by atoms with Crippen LogP contribution in [-0.2, 0) is 0 Å². The average molecular weight is 250 g/mol. The van der Waals surface area contributed by atoms with Crippen molar-refractivity contribution in [3.05, 3.63) is 12.2 Å². The molecule has 0 amide bonds. The Morgan fingerprint density at radius 1 is 1.22 bits per heavy atom. The first-order valence-corrected chi connectivity index (χ1v) is 7.75. The first kappa shape index (κ1) is 14.1. The molecule has 1 saturated heterocycles. The fraction of sp³-hybridized carbons (Fsp3) is 0.875. The van der Waals surface area contributed by atoms with Crippen LogP contribution in [0.4, 0.5) is 0 Å². The number of hydrogen-bond acceptors (Lipinski definition) is 2. The summed E-state index contributed by atoms with van der Waals surface area (Å²) in [4.78, 5) is 2.72. The molecule has 2 fully saturated rings. The molecule has 1 aliphatic carbocycles. The van der Waals surface area contributed by atoms with E-state index in [1.165, 1.54) is 45.1 Å². The van der Waals surface area contributed by atoms with Gasteiger partial charge >= 0.3 is 0 Å². The Balaban J connectivity index is 2.09. The van der Waals surface area contributed by atoms with Crippen molar-refractivity contribution in [2.45, 2.75) is 70.4 Å². The van der Waals surface area contributed by atoms with E-state index in [1.807, 2.05) is 0 Å². The molecule has 1 aliphatic heterocycles. The van der Waals surface area contributed by atoms with E-state index in [0.29, 0.717) is 11.1 Å². The van der Waals surface area contributed by atoms with Crippen LogP contribution in [0.2, 0.25) is 0 Å². The van der Waals surface area contributed by atoms with Gasteiger partial charge in [-0.15, -0.1) is 0 Å². The minimum Gasteiger partial charge on any atom is -0.308 e. The SMILES string of the molecule is C/C=C/CN1CC2(CCCCC2)NCC1(C)CC. The van der Waals surface area contributed by atoms with Gasteiger partial charge in [-0.3, -0.25) is 4.90 Å². The summed E-state index contributed by atoms with van der Waals surface area (Å²) < 4.78 is 0. The van der Waals surface area contributed by atoms with Crippen LogP contribution in [0.1, 0.15) is 59.3 Å². The van der Waals surface area contributed by atoms with Crippen LogP contribution in [-0.4, -0.2) is 35.6 Å². The number of piperazine rings is 1. The van der Waals surface area contributed by atoms with Gasteiger partial charge in [-0.05, 0) is 33.1 Å². The van der Waals surface area contributed by atoms with E-state index in [9.17, 15) is 0 Å². The lowest BCUT2D eigenvalue weighted by Gasteiger charge is -2.54. The third-order valence-corrected chi connectivity index (χ3v) is 5.24. The normalized spacial score (nSPS) is 33.3. The van der Waals surface area contributed by atoms with E-state index >= 15 is 0 Å². The van der Waals surface area contributed by atoms with Gasteiger partial charge in [0.15, 0.2) is 0 Å². The zero-order chi connectivity index (χ0) is 13.1. The fourth-order valence-corrected chi connectivity index (χ4v) is 3.53. The van der Waals surface area contributed by atoms with Crippen molar-refractivity contribution in [1.29, 1.82) is 0 Å². The number of rotatable bonds is 3. The van der Waals surface area contributed by atoms with Crippen molar-refractivity contribution in [3.63, 3.8) is 0 Å². The maximum absolute atomic E-state index is 3.92. The molecule has 0 aromatic carbocycles. The van der Waals surface area contributed by atoms with Gasteiger partial charge in [0.05, 0.1) is 0 Å². The van der Waals surface area contributed by atoms with Gasteiger partial charge in [-0.25, -0.2) is 0 Å². The lowest BCUT2D eigenvalue weighted by atomic mass is 9.77. The van der Waals surface area contributed by atoms with Crippen molar-refractivity contribution in [1.82, 2.24) is 10.2 Å². The molecule has 2 rings (SSSR count). The standard InChI is InChI=1S/C16H30N2/c1-4-6-12-18-14-16(10-8-7-9-11-16)17-13-15(18,3)5-2/h4,6,17H,5,7-14H2,1-3H3/b6-4+. The topological polar surface area (TPSA) is 15.3 Å². The molecule has 2 heteroatoms. The quantitative estimate of drug-likeness (QED) is 0.773.